The maximum absolute atomic E-state index is 9.72. The quantitative estimate of drug-likeness (QED) is 0.230. The van der Waals surface area contributed by atoms with Gasteiger partial charge in [0, 0.05) is 16.0 Å². The summed E-state index contributed by atoms with van der Waals surface area (Å²) in [6.07, 6.45) is 0. The van der Waals surface area contributed by atoms with Crippen molar-refractivity contribution >= 4 is 22.7 Å². The third kappa shape index (κ3) is 3.06. The lowest BCUT2D eigenvalue weighted by Crippen LogP contribution is -2.31. The number of phenols is 1. The second-order valence-corrected chi connectivity index (χ2v) is 7.57. The van der Waals surface area contributed by atoms with E-state index in [0.29, 0.717) is 5.76 Å². The fraction of sp³-hybridized carbons (Fsp3) is 0.150. The van der Waals surface area contributed by atoms with Gasteiger partial charge in [-0.15, -0.1) is 0 Å². The number of hydrogen-bond donors (Lipinski definition) is 4. The number of nitrogens with one attached hydrogen (secondary N) is 1. The number of hydroxylamine groups is 1. The van der Waals surface area contributed by atoms with Crippen LogP contribution in [0.3, 0.4) is 0 Å². The van der Waals surface area contributed by atoms with Crippen molar-refractivity contribution in [2.75, 3.05) is 0 Å². The maximum Gasteiger partial charge on any atom is 0.143 e. The molecule has 2 aromatic heterocycles. The van der Waals surface area contributed by atoms with Crippen molar-refractivity contribution in [1.29, 1.82) is 0 Å². The predicted octanol–water partition coefficient (Wildman–Crippen LogP) is 3.92. The Balaban J connectivity index is 2.12. The van der Waals surface area contributed by atoms with Gasteiger partial charge < -0.3 is 25.1 Å². The Hall–Kier alpha value is -2.78. The molecule has 4 rings (SSSR count). The highest BCUT2D eigenvalue weighted by Crippen LogP contribution is 2.44. The molecule has 0 radical (unpaired) electrons. The van der Waals surface area contributed by atoms with Crippen molar-refractivity contribution in [3.05, 3.63) is 60.0 Å². The van der Waals surface area contributed by atoms with E-state index in [1.807, 2.05) is 50.2 Å². The second kappa shape index (κ2) is 7.33. The summed E-state index contributed by atoms with van der Waals surface area (Å²) in [4.78, 5) is 0.895. The molecule has 0 saturated carbocycles. The molecule has 0 fully saturated rings. The van der Waals surface area contributed by atoms with E-state index in [9.17, 15) is 10.3 Å². The number of phenolic OH excluding ortho intramolecular Hbond substituents is 1. The van der Waals surface area contributed by atoms with Gasteiger partial charge in [0.2, 0.25) is 0 Å². The monoisotopic (exact) mass is 396 g/mol. The third-order valence-electron chi connectivity index (χ3n) is 4.58. The minimum absolute atomic E-state index is 0.195. The average Bonchev–Trinajstić information content (AvgIpc) is 3.19. The summed E-state index contributed by atoms with van der Waals surface area (Å²) in [7, 11) is 0. The van der Waals surface area contributed by atoms with Crippen LogP contribution in [-0.2, 0) is 0 Å². The van der Waals surface area contributed by atoms with E-state index in [4.69, 9.17) is 10.3 Å². The summed E-state index contributed by atoms with van der Waals surface area (Å²) in [5.74, 6) is 0.882. The number of hydrogen-bond acceptors (Lipinski definition) is 7. The first-order valence-corrected chi connectivity index (χ1v) is 9.57. The average molecular weight is 396 g/mol. The van der Waals surface area contributed by atoms with E-state index in [1.165, 1.54) is 11.8 Å². The Morgan fingerprint density at radius 3 is 2.50 bits per heavy atom. The molecule has 1 unspecified atom stereocenters. The minimum atomic E-state index is -0.710. The molecule has 2 aromatic carbocycles. The van der Waals surface area contributed by atoms with E-state index in [1.54, 1.807) is 12.1 Å². The molecule has 1 atom stereocenters. The van der Waals surface area contributed by atoms with Gasteiger partial charge >= 0.3 is 0 Å². The Morgan fingerprint density at radius 1 is 1.14 bits per heavy atom. The molecule has 0 aliphatic carbocycles. The molecule has 8 heteroatoms. The number of para-hydroxylation sites is 1. The van der Waals surface area contributed by atoms with Crippen LogP contribution in [0.2, 0.25) is 0 Å². The molecule has 0 aliphatic heterocycles. The molecule has 4 aromatic rings. The van der Waals surface area contributed by atoms with Crippen LogP contribution in [0.4, 0.5) is 0 Å². The molecule has 0 amide bonds. The molecule has 0 saturated heterocycles. The summed E-state index contributed by atoms with van der Waals surface area (Å²) in [5.41, 5.74) is 11.7. The molecule has 0 bridgehead atoms. The van der Waals surface area contributed by atoms with Crippen LogP contribution in [0.15, 0.2) is 57.9 Å². The predicted molar refractivity (Wildman–Crippen MR) is 109 cm³/mol. The van der Waals surface area contributed by atoms with Crippen LogP contribution < -0.4 is 11.2 Å². The van der Waals surface area contributed by atoms with Gasteiger partial charge in [0.1, 0.15) is 17.0 Å². The first-order valence-electron chi connectivity index (χ1n) is 8.69. The Kier molecular flexibility index (Phi) is 4.86. The first kappa shape index (κ1) is 18.6. The number of thioether (sulfide) groups is 1. The van der Waals surface area contributed by atoms with Gasteiger partial charge in [-0.25, -0.2) is 0 Å². The molecule has 0 spiro atoms. The van der Waals surface area contributed by atoms with Crippen LogP contribution in [0.1, 0.15) is 11.5 Å². The van der Waals surface area contributed by atoms with Crippen molar-refractivity contribution in [3.63, 3.8) is 0 Å². The number of nitrogens with two attached hydrogens (primary N) is 1. The van der Waals surface area contributed by atoms with Crippen molar-refractivity contribution in [3.8, 4) is 22.7 Å². The van der Waals surface area contributed by atoms with Crippen LogP contribution in [0, 0.1) is 13.8 Å². The summed E-state index contributed by atoms with van der Waals surface area (Å²) >= 11 is 1.31. The van der Waals surface area contributed by atoms with Crippen LogP contribution in [0.25, 0.3) is 27.8 Å². The van der Waals surface area contributed by atoms with Gasteiger partial charge in [-0.2, -0.15) is 5.48 Å². The highest BCUT2D eigenvalue weighted by atomic mass is 32.2. The zero-order chi connectivity index (χ0) is 19.8. The number of benzene rings is 2. The summed E-state index contributed by atoms with van der Waals surface area (Å²) < 4.78 is 7.52. The van der Waals surface area contributed by atoms with Gasteiger partial charge in [0.25, 0.3) is 0 Å². The van der Waals surface area contributed by atoms with Gasteiger partial charge in [-0.05, 0) is 44.2 Å². The molecular weight excluding hydrogens is 376 g/mol. The zero-order valence-corrected chi connectivity index (χ0v) is 16.2. The van der Waals surface area contributed by atoms with E-state index in [2.05, 4.69) is 15.2 Å². The maximum atomic E-state index is 9.72. The lowest BCUT2D eigenvalue weighted by Gasteiger charge is -2.14. The number of fused-ring (bicyclic) bond motifs is 1. The van der Waals surface area contributed by atoms with Gasteiger partial charge in [-0.1, -0.05) is 35.1 Å². The lowest BCUT2D eigenvalue weighted by atomic mass is 10.1. The largest absolute Gasteiger partial charge is 0.508 e. The number of nitrogens with zero attached hydrogens (tertiary/aromatic N) is 2. The molecule has 144 valence electrons. The number of aromatic hydroxyl groups is 1. The van der Waals surface area contributed by atoms with Gasteiger partial charge in [-0.3, -0.25) is 0 Å². The number of rotatable bonds is 5. The van der Waals surface area contributed by atoms with E-state index < -0.39 is 5.50 Å². The second-order valence-electron chi connectivity index (χ2n) is 6.41. The SMILES string of the molecule is Cc1noc(C)c1-c1c(SC(N)NO)c2ccccc2n1-c1ccc(O)cc1. The highest BCUT2D eigenvalue weighted by molar-refractivity contribution is 8.00. The van der Waals surface area contributed by atoms with Crippen molar-refractivity contribution in [2.24, 2.45) is 5.73 Å². The lowest BCUT2D eigenvalue weighted by molar-refractivity contribution is 0.159. The van der Waals surface area contributed by atoms with E-state index in [0.717, 1.165) is 38.4 Å². The Bertz CT molecular complexity index is 1120. The molecule has 2 heterocycles. The summed E-state index contributed by atoms with van der Waals surface area (Å²) in [6.45, 7) is 3.76. The number of aromatic nitrogens is 2. The van der Waals surface area contributed by atoms with E-state index >= 15 is 0 Å². The third-order valence-corrected chi connectivity index (χ3v) is 5.59. The highest BCUT2D eigenvalue weighted by Gasteiger charge is 2.26. The molecule has 5 N–H and O–H groups in total. The smallest absolute Gasteiger partial charge is 0.143 e. The first-order chi connectivity index (χ1) is 13.5. The molecule has 28 heavy (non-hydrogen) atoms. The van der Waals surface area contributed by atoms with Crippen molar-refractivity contribution < 1.29 is 14.8 Å². The molecule has 7 nitrogen and oxygen atoms in total. The topological polar surface area (TPSA) is 109 Å². The Morgan fingerprint density at radius 2 is 1.86 bits per heavy atom. The fourth-order valence-electron chi connectivity index (χ4n) is 3.40. The Labute approximate surface area is 165 Å². The standard InChI is InChI=1S/C20H20N4O3S/c1-11-17(12(2)27-23-11)18-19(28-20(21)22-26)15-5-3-4-6-16(15)24(18)13-7-9-14(25)10-8-13/h3-10,20,22,25-26H,21H2,1-2H3. The fourth-order valence-corrected chi connectivity index (χ4v) is 4.31. The van der Waals surface area contributed by atoms with Gasteiger partial charge in [0.05, 0.1) is 22.5 Å². The zero-order valence-electron chi connectivity index (χ0n) is 15.4. The summed E-state index contributed by atoms with van der Waals surface area (Å²) in [5, 5.41) is 24.1. The minimum Gasteiger partial charge on any atom is -0.508 e. The summed E-state index contributed by atoms with van der Waals surface area (Å²) in [6, 6.07) is 15.0. The van der Waals surface area contributed by atoms with Crippen molar-refractivity contribution in [1.82, 2.24) is 15.2 Å². The van der Waals surface area contributed by atoms with Crippen LogP contribution >= 0.6 is 11.8 Å². The van der Waals surface area contributed by atoms with Gasteiger partial charge in [0.15, 0.2) is 0 Å². The van der Waals surface area contributed by atoms with E-state index in [-0.39, 0.29) is 5.75 Å². The van der Waals surface area contributed by atoms with Crippen LogP contribution in [0.5, 0.6) is 5.75 Å². The normalized spacial score (nSPS) is 12.6. The van der Waals surface area contributed by atoms with Crippen molar-refractivity contribution in [2.45, 2.75) is 24.2 Å². The molecular formula is C20H20N4O3S. The number of aryl methyl sites for hydroxylation is 2. The van der Waals surface area contributed by atoms with Crippen LogP contribution in [-0.4, -0.2) is 25.5 Å². The molecule has 0 aliphatic rings.